The van der Waals surface area contributed by atoms with Crippen LogP contribution in [-0.4, -0.2) is 69.3 Å². The summed E-state index contributed by atoms with van der Waals surface area (Å²) in [6, 6.07) is 12.2. The van der Waals surface area contributed by atoms with E-state index < -0.39 is 15.8 Å². The summed E-state index contributed by atoms with van der Waals surface area (Å²) in [5.74, 6) is -0.768. The molecule has 2 aromatic rings. The predicted molar refractivity (Wildman–Crippen MR) is 124 cm³/mol. The lowest BCUT2D eigenvalue weighted by molar-refractivity contribution is -0.132. The van der Waals surface area contributed by atoms with Crippen LogP contribution in [0.2, 0.25) is 0 Å². The fraction of sp³-hybridized carbons (Fsp3) is 0.391. The number of nitrogens with one attached hydrogen (secondary N) is 2. The van der Waals surface area contributed by atoms with Crippen molar-refractivity contribution >= 4 is 27.5 Å². The Hall–Kier alpha value is -2.82. The van der Waals surface area contributed by atoms with E-state index >= 15 is 0 Å². The van der Waals surface area contributed by atoms with Gasteiger partial charge in [-0.15, -0.1) is 0 Å². The number of halogens is 1. The van der Waals surface area contributed by atoms with Crippen LogP contribution >= 0.6 is 0 Å². The van der Waals surface area contributed by atoms with Crippen LogP contribution in [0.15, 0.2) is 53.4 Å². The molecule has 0 spiro atoms. The van der Waals surface area contributed by atoms with Gasteiger partial charge in [0.1, 0.15) is 5.82 Å². The fourth-order valence-corrected chi connectivity index (χ4v) is 4.68. The summed E-state index contributed by atoms with van der Waals surface area (Å²) >= 11 is 0. The minimum Gasteiger partial charge on any atom is -0.340 e. The summed E-state index contributed by atoms with van der Waals surface area (Å²) in [6.07, 6.45) is 0.853. The molecule has 0 atom stereocenters. The average molecular weight is 477 g/mol. The van der Waals surface area contributed by atoms with E-state index in [2.05, 4.69) is 10.0 Å². The van der Waals surface area contributed by atoms with E-state index in [0.717, 1.165) is 29.8 Å². The number of para-hydroxylation sites is 1. The molecule has 178 valence electrons. The van der Waals surface area contributed by atoms with E-state index in [0.29, 0.717) is 26.2 Å². The highest BCUT2D eigenvalue weighted by molar-refractivity contribution is 7.89. The first kappa shape index (κ1) is 24.8. The molecule has 2 aromatic carbocycles. The van der Waals surface area contributed by atoms with E-state index in [9.17, 15) is 22.4 Å². The second-order valence-electron chi connectivity index (χ2n) is 7.82. The first-order chi connectivity index (χ1) is 15.8. The van der Waals surface area contributed by atoms with E-state index in [1.807, 2.05) is 36.1 Å². The van der Waals surface area contributed by atoms with Gasteiger partial charge < -0.3 is 10.2 Å². The summed E-state index contributed by atoms with van der Waals surface area (Å²) in [5.41, 5.74) is 1.90. The predicted octanol–water partition coefficient (Wildman–Crippen LogP) is 1.84. The number of anilines is 1. The maximum absolute atomic E-state index is 13.0. The minimum atomic E-state index is -3.80. The zero-order chi connectivity index (χ0) is 23.8. The topological polar surface area (TPSA) is 98.8 Å². The number of hydrogen-bond acceptors (Lipinski definition) is 5. The van der Waals surface area contributed by atoms with E-state index in [1.54, 1.807) is 4.90 Å². The molecule has 1 heterocycles. The number of rotatable bonds is 9. The average Bonchev–Trinajstić information content (AvgIpc) is 2.80. The normalized spacial score (nSPS) is 14.8. The van der Waals surface area contributed by atoms with E-state index in [-0.39, 0.29) is 36.2 Å². The van der Waals surface area contributed by atoms with Gasteiger partial charge in [-0.25, -0.2) is 17.5 Å². The summed E-state index contributed by atoms with van der Waals surface area (Å²) in [6.45, 7) is 4.32. The molecule has 0 saturated carbocycles. The summed E-state index contributed by atoms with van der Waals surface area (Å²) in [7, 11) is -3.80. The largest absolute Gasteiger partial charge is 0.340 e. The molecule has 1 aliphatic heterocycles. The molecular weight excluding hydrogens is 447 g/mol. The Morgan fingerprint density at radius 3 is 2.33 bits per heavy atom. The van der Waals surface area contributed by atoms with Crippen LogP contribution < -0.4 is 10.0 Å². The van der Waals surface area contributed by atoms with Gasteiger partial charge in [0.15, 0.2) is 0 Å². The number of amides is 2. The smallest absolute Gasteiger partial charge is 0.240 e. The van der Waals surface area contributed by atoms with Crippen molar-refractivity contribution in [3.8, 4) is 0 Å². The number of hydrogen-bond donors (Lipinski definition) is 2. The van der Waals surface area contributed by atoms with Crippen molar-refractivity contribution in [1.82, 2.24) is 14.5 Å². The van der Waals surface area contributed by atoms with Crippen LogP contribution in [0.5, 0.6) is 0 Å². The molecule has 2 N–H and O–H groups in total. The Bertz CT molecular complexity index is 1070. The quantitative estimate of drug-likeness (QED) is 0.576. The molecule has 0 unspecified atom stereocenters. The molecule has 0 bridgehead atoms. The van der Waals surface area contributed by atoms with Gasteiger partial charge in [0, 0.05) is 44.8 Å². The molecule has 10 heteroatoms. The number of aryl methyl sites for hydroxylation is 1. The second-order valence-corrected chi connectivity index (χ2v) is 9.58. The van der Waals surface area contributed by atoms with Gasteiger partial charge in [0.25, 0.3) is 0 Å². The van der Waals surface area contributed by atoms with Crippen molar-refractivity contribution in [3.05, 3.63) is 59.9 Å². The standard InChI is InChI=1S/C23H29FN4O4S/c1-2-18-5-3-4-6-21(18)26-22(29)17-27-13-15-28(16-14-27)23(30)11-12-25-33(31,32)20-9-7-19(24)8-10-20/h3-10,25H,2,11-17H2,1H3,(H,26,29). The molecule has 1 saturated heterocycles. The highest BCUT2D eigenvalue weighted by Crippen LogP contribution is 2.15. The Balaban J connectivity index is 1.40. The Labute approximate surface area is 193 Å². The molecule has 1 fully saturated rings. The van der Waals surface area contributed by atoms with Crippen molar-refractivity contribution in [3.63, 3.8) is 0 Å². The van der Waals surface area contributed by atoms with Crippen molar-refractivity contribution in [2.75, 3.05) is 44.6 Å². The maximum Gasteiger partial charge on any atom is 0.240 e. The third-order valence-electron chi connectivity index (χ3n) is 5.52. The zero-order valence-electron chi connectivity index (χ0n) is 18.6. The van der Waals surface area contributed by atoms with Gasteiger partial charge in [-0.2, -0.15) is 0 Å². The van der Waals surface area contributed by atoms with Gasteiger partial charge in [-0.1, -0.05) is 25.1 Å². The van der Waals surface area contributed by atoms with Crippen LogP contribution in [0.25, 0.3) is 0 Å². The van der Waals surface area contributed by atoms with Gasteiger partial charge in [0.05, 0.1) is 11.4 Å². The van der Waals surface area contributed by atoms with Crippen molar-refractivity contribution in [1.29, 1.82) is 0 Å². The lowest BCUT2D eigenvalue weighted by atomic mass is 10.1. The molecule has 2 amide bonds. The van der Waals surface area contributed by atoms with Crippen LogP contribution in [-0.2, 0) is 26.0 Å². The fourth-order valence-electron chi connectivity index (χ4n) is 3.65. The number of piperazine rings is 1. The highest BCUT2D eigenvalue weighted by Gasteiger charge is 2.23. The number of sulfonamides is 1. The molecular formula is C23H29FN4O4S. The lowest BCUT2D eigenvalue weighted by Crippen LogP contribution is -2.50. The van der Waals surface area contributed by atoms with E-state index in [4.69, 9.17) is 0 Å². The maximum atomic E-state index is 13.0. The third kappa shape index (κ3) is 7.08. The minimum absolute atomic E-state index is 0.0225. The van der Waals surface area contributed by atoms with Crippen molar-refractivity contribution < 1.29 is 22.4 Å². The Morgan fingerprint density at radius 1 is 1.00 bits per heavy atom. The second kappa shape index (κ2) is 11.4. The first-order valence-electron chi connectivity index (χ1n) is 10.9. The number of benzene rings is 2. The highest BCUT2D eigenvalue weighted by atomic mass is 32.2. The molecule has 0 aliphatic carbocycles. The van der Waals surface area contributed by atoms with Crippen molar-refractivity contribution in [2.45, 2.75) is 24.7 Å². The van der Waals surface area contributed by atoms with Crippen LogP contribution in [0, 0.1) is 5.82 Å². The summed E-state index contributed by atoms with van der Waals surface area (Å²) in [4.78, 5) is 28.5. The zero-order valence-corrected chi connectivity index (χ0v) is 19.4. The number of carbonyl (C=O) groups excluding carboxylic acids is 2. The van der Waals surface area contributed by atoms with Gasteiger partial charge >= 0.3 is 0 Å². The molecule has 33 heavy (non-hydrogen) atoms. The van der Waals surface area contributed by atoms with Gasteiger partial charge in [-0.05, 0) is 42.3 Å². The molecule has 0 radical (unpaired) electrons. The monoisotopic (exact) mass is 476 g/mol. The molecule has 3 rings (SSSR count). The number of nitrogens with zero attached hydrogens (tertiary/aromatic N) is 2. The lowest BCUT2D eigenvalue weighted by Gasteiger charge is -2.34. The Kier molecular flexibility index (Phi) is 8.54. The van der Waals surface area contributed by atoms with E-state index in [1.165, 1.54) is 12.1 Å². The molecule has 8 nitrogen and oxygen atoms in total. The SMILES string of the molecule is CCc1ccccc1NC(=O)CN1CCN(C(=O)CCNS(=O)(=O)c2ccc(F)cc2)CC1. The molecule has 1 aliphatic rings. The molecule has 0 aromatic heterocycles. The summed E-state index contributed by atoms with van der Waals surface area (Å²) in [5, 5.41) is 2.95. The van der Waals surface area contributed by atoms with Crippen molar-refractivity contribution in [2.24, 2.45) is 0 Å². The van der Waals surface area contributed by atoms with Crippen LogP contribution in [0.3, 0.4) is 0 Å². The van der Waals surface area contributed by atoms with Gasteiger partial charge in [0.2, 0.25) is 21.8 Å². The summed E-state index contributed by atoms with van der Waals surface area (Å²) < 4.78 is 39.8. The van der Waals surface area contributed by atoms with Gasteiger partial charge in [-0.3, -0.25) is 14.5 Å². The third-order valence-corrected chi connectivity index (χ3v) is 7.00. The Morgan fingerprint density at radius 2 is 1.67 bits per heavy atom. The number of carbonyl (C=O) groups is 2. The van der Waals surface area contributed by atoms with Crippen LogP contribution in [0.4, 0.5) is 10.1 Å². The first-order valence-corrected chi connectivity index (χ1v) is 12.4. The van der Waals surface area contributed by atoms with Crippen LogP contribution in [0.1, 0.15) is 18.9 Å².